The molecule has 0 aliphatic rings. The van der Waals surface area contributed by atoms with Crippen molar-refractivity contribution in [1.82, 2.24) is 4.98 Å². The number of hydrogen-bond acceptors (Lipinski definition) is 4. The molecule has 0 N–H and O–H groups in total. The molecule has 2 rings (SSSR count). The summed E-state index contributed by atoms with van der Waals surface area (Å²) in [6, 6.07) is 7.25. The van der Waals surface area contributed by atoms with Crippen LogP contribution in [0.3, 0.4) is 0 Å². The molecular formula is C16H15F3N2O2. The molecule has 23 heavy (non-hydrogen) atoms. The van der Waals surface area contributed by atoms with E-state index in [0.717, 1.165) is 12.3 Å². The molecule has 1 heterocycles. The van der Waals surface area contributed by atoms with E-state index in [4.69, 9.17) is 0 Å². The molecule has 0 spiro atoms. The van der Waals surface area contributed by atoms with Gasteiger partial charge >= 0.3 is 12.1 Å². The van der Waals surface area contributed by atoms with Crippen molar-refractivity contribution < 1.29 is 22.7 Å². The maximum atomic E-state index is 13.0. The van der Waals surface area contributed by atoms with Crippen molar-refractivity contribution in [3.05, 3.63) is 47.7 Å². The zero-order valence-corrected chi connectivity index (χ0v) is 12.8. The molecule has 4 nitrogen and oxygen atoms in total. The van der Waals surface area contributed by atoms with Gasteiger partial charge in [-0.3, -0.25) is 0 Å². The zero-order valence-electron chi connectivity index (χ0n) is 12.8. The lowest BCUT2D eigenvalue weighted by Gasteiger charge is -2.18. The molecule has 0 unspecified atom stereocenters. The van der Waals surface area contributed by atoms with Crippen LogP contribution in [-0.2, 0) is 10.9 Å². The van der Waals surface area contributed by atoms with Gasteiger partial charge in [0.05, 0.1) is 18.2 Å². The molecule has 1 aromatic carbocycles. The first kappa shape index (κ1) is 16.8. The van der Waals surface area contributed by atoms with Gasteiger partial charge in [0.25, 0.3) is 0 Å². The number of alkyl halides is 3. The quantitative estimate of drug-likeness (QED) is 0.809. The molecule has 0 aliphatic heterocycles. The monoisotopic (exact) mass is 324 g/mol. The summed E-state index contributed by atoms with van der Waals surface area (Å²) >= 11 is 0. The van der Waals surface area contributed by atoms with Crippen LogP contribution in [0.2, 0.25) is 0 Å². The van der Waals surface area contributed by atoms with Gasteiger partial charge in [0.1, 0.15) is 5.82 Å². The first-order valence-corrected chi connectivity index (χ1v) is 6.67. The molecular weight excluding hydrogens is 309 g/mol. The van der Waals surface area contributed by atoms with E-state index in [1.54, 1.807) is 31.1 Å². The average Bonchev–Trinajstić information content (AvgIpc) is 2.52. The Hall–Kier alpha value is -2.57. The van der Waals surface area contributed by atoms with Gasteiger partial charge in [0, 0.05) is 25.9 Å². The van der Waals surface area contributed by atoms with E-state index < -0.39 is 17.7 Å². The van der Waals surface area contributed by atoms with Gasteiger partial charge in [-0.25, -0.2) is 9.78 Å². The molecule has 0 saturated heterocycles. The van der Waals surface area contributed by atoms with Crippen LogP contribution < -0.4 is 4.90 Å². The van der Waals surface area contributed by atoms with Crippen LogP contribution in [0.4, 0.5) is 19.0 Å². The highest BCUT2D eigenvalue weighted by Gasteiger charge is 2.32. The highest BCUT2D eigenvalue weighted by molar-refractivity contribution is 5.91. The zero-order chi connectivity index (χ0) is 17.2. The van der Waals surface area contributed by atoms with E-state index in [1.807, 2.05) is 0 Å². The van der Waals surface area contributed by atoms with Crippen molar-refractivity contribution in [2.75, 3.05) is 26.1 Å². The predicted molar refractivity (Wildman–Crippen MR) is 80.3 cm³/mol. The molecule has 0 amide bonds. The smallest absolute Gasteiger partial charge is 0.417 e. The van der Waals surface area contributed by atoms with Crippen LogP contribution in [0.15, 0.2) is 36.5 Å². The first-order valence-electron chi connectivity index (χ1n) is 6.67. The van der Waals surface area contributed by atoms with Crippen molar-refractivity contribution in [2.45, 2.75) is 6.18 Å². The highest BCUT2D eigenvalue weighted by atomic mass is 19.4. The molecule has 0 fully saturated rings. The number of rotatable bonds is 3. The summed E-state index contributed by atoms with van der Waals surface area (Å²) in [7, 11) is 4.61. The fraction of sp³-hybridized carbons (Fsp3) is 0.250. The largest absolute Gasteiger partial charge is 0.465 e. The number of carbonyl (C=O) groups excluding carboxylic acids is 1. The molecule has 0 radical (unpaired) electrons. The van der Waals surface area contributed by atoms with E-state index in [2.05, 4.69) is 9.72 Å². The van der Waals surface area contributed by atoms with Crippen LogP contribution in [-0.4, -0.2) is 32.2 Å². The van der Waals surface area contributed by atoms with Gasteiger partial charge in [-0.1, -0.05) is 12.1 Å². The summed E-state index contributed by atoms with van der Waals surface area (Å²) in [6.45, 7) is 0. The Labute approximate surface area is 131 Å². The number of pyridine rings is 1. The number of ether oxygens (including phenoxy) is 1. The van der Waals surface area contributed by atoms with Gasteiger partial charge in [-0.05, 0) is 23.8 Å². The van der Waals surface area contributed by atoms with Crippen LogP contribution in [0.1, 0.15) is 15.9 Å². The topological polar surface area (TPSA) is 42.4 Å². The lowest BCUT2D eigenvalue weighted by molar-refractivity contribution is -0.137. The second-order valence-corrected chi connectivity index (χ2v) is 5.06. The summed E-state index contributed by atoms with van der Waals surface area (Å²) < 4.78 is 43.5. The van der Waals surface area contributed by atoms with Crippen molar-refractivity contribution in [1.29, 1.82) is 0 Å². The molecule has 122 valence electrons. The average molecular weight is 324 g/mol. The third kappa shape index (κ3) is 3.61. The van der Waals surface area contributed by atoms with E-state index in [1.165, 1.54) is 19.2 Å². The lowest BCUT2D eigenvalue weighted by atomic mass is 10.0. The molecule has 1 aromatic heterocycles. The molecule has 0 atom stereocenters. The second kappa shape index (κ2) is 6.28. The second-order valence-electron chi connectivity index (χ2n) is 5.06. The number of halogens is 3. The standard InChI is InChI=1S/C16H15F3N2O2/c1-21(2)14-13(8-12(9-20-14)16(17,18)19)10-5-4-6-11(7-10)15(22)23-3/h4-9H,1-3H3. The fourth-order valence-corrected chi connectivity index (χ4v) is 2.11. The van der Waals surface area contributed by atoms with Gasteiger partial charge in [-0.15, -0.1) is 0 Å². The minimum Gasteiger partial charge on any atom is -0.465 e. The molecule has 7 heteroatoms. The van der Waals surface area contributed by atoms with Crippen LogP contribution in [0.5, 0.6) is 0 Å². The lowest BCUT2D eigenvalue weighted by Crippen LogP contribution is -2.14. The minimum absolute atomic E-state index is 0.257. The minimum atomic E-state index is -4.49. The van der Waals surface area contributed by atoms with E-state index in [-0.39, 0.29) is 11.1 Å². The molecule has 0 aliphatic carbocycles. The molecule has 2 aromatic rings. The van der Waals surface area contributed by atoms with E-state index in [0.29, 0.717) is 11.4 Å². The Bertz CT molecular complexity index is 728. The summed E-state index contributed by atoms with van der Waals surface area (Å²) in [5.41, 5.74) is 0.152. The number of hydrogen-bond donors (Lipinski definition) is 0. The van der Waals surface area contributed by atoms with Gasteiger partial charge in [-0.2, -0.15) is 13.2 Å². The maximum Gasteiger partial charge on any atom is 0.417 e. The van der Waals surface area contributed by atoms with Crippen LogP contribution in [0.25, 0.3) is 11.1 Å². The number of benzene rings is 1. The predicted octanol–water partition coefficient (Wildman–Crippen LogP) is 3.62. The Morgan fingerprint density at radius 2 is 1.91 bits per heavy atom. The van der Waals surface area contributed by atoms with Gasteiger partial charge in [0.2, 0.25) is 0 Å². The summed E-state index contributed by atoms with van der Waals surface area (Å²) in [4.78, 5) is 17.1. The number of nitrogens with zero attached hydrogens (tertiary/aromatic N) is 2. The maximum absolute atomic E-state index is 13.0. The SMILES string of the molecule is COC(=O)c1cccc(-c2cc(C(F)(F)F)cnc2N(C)C)c1. The summed E-state index contributed by atoms with van der Waals surface area (Å²) in [5, 5.41) is 0. The Balaban J connectivity index is 2.63. The normalized spacial score (nSPS) is 11.2. The van der Waals surface area contributed by atoms with Crippen molar-refractivity contribution >= 4 is 11.8 Å². The molecule has 0 saturated carbocycles. The van der Waals surface area contributed by atoms with E-state index >= 15 is 0 Å². The van der Waals surface area contributed by atoms with Crippen LogP contribution in [0, 0.1) is 0 Å². The van der Waals surface area contributed by atoms with Crippen molar-refractivity contribution in [2.24, 2.45) is 0 Å². The third-order valence-electron chi connectivity index (χ3n) is 3.21. The van der Waals surface area contributed by atoms with Crippen LogP contribution >= 0.6 is 0 Å². The first-order chi connectivity index (χ1) is 10.7. The number of methoxy groups -OCH3 is 1. The van der Waals surface area contributed by atoms with E-state index in [9.17, 15) is 18.0 Å². The number of anilines is 1. The Morgan fingerprint density at radius 3 is 2.48 bits per heavy atom. The number of carbonyl (C=O) groups is 1. The third-order valence-corrected chi connectivity index (χ3v) is 3.21. The fourth-order valence-electron chi connectivity index (χ4n) is 2.11. The number of aromatic nitrogens is 1. The van der Waals surface area contributed by atoms with Crippen molar-refractivity contribution in [3.63, 3.8) is 0 Å². The van der Waals surface area contributed by atoms with Gasteiger partial charge in [0.15, 0.2) is 0 Å². The summed E-state index contributed by atoms with van der Waals surface area (Å²) in [5.74, 6) is -0.182. The van der Waals surface area contributed by atoms with Gasteiger partial charge < -0.3 is 9.64 Å². The molecule has 0 bridgehead atoms. The van der Waals surface area contributed by atoms with Crippen molar-refractivity contribution in [3.8, 4) is 11.1 Å². The highest BCUT2D eigenvalue weighted by Crippen LogP contribution is 2.35. The summed E-state index contributed by atoms with van der Waals surface area (Å²) in [6.07, 6.45) is -3.70. The Kier molecular flexibility index (Phi) is 4.58. The number of esters is 1. The Morgan fingerprint density at radius 1 is 1.22 bits per heavy atom.